The van der Waals surface area contributed by atoms with Crippen LogP contribution in [0.1, 0.15) is 0 Å². The Hall–Kier alpha value is -2.56. The number of hydrogen-bond donors (Lipinski definition) is 0. The topological polar surface area (TPSA) is 35.6 Å². The summed E-state index contributed by atoms with van der Waals surface area (Å²) < 4.78 is 4.34. The van der Waals surface area contributed by atoms with E-state index < -0.39 is 0 Å². The Morgan fingerprint density at radius 3 is 1.80 bits per heavy atom. The lowest BCUT2D eigenvalue weighted by Crippen LogP contribution is -2.29. The van der Waals surface area contributed by atoms with E-state index in [1.165, 1.54) is 0 Å². The van der Waals surface area contributed by atoms with Crippen molar-refractivity contribution in [3.05, 3.63) is 61.2 Å². The molecule has 5 heteroatoms. The Bertz CT molecular complexity index is 819. The summed E-state index contributed by atoms with van der Waals surface area (Å²) >= 11 is 0. The summed E-state index contributed by atoms with van der Waals surface area (Å²) in [5.74, 6) is 0. The Balaban J connectivity index is 1.90. The zero-order valence-electron chi connectivity index (χ0n) is 11.1. The second-order valence-electron chi connectivity index (χ2n) is 4.91. The second kappa shape index (κ2) is 4.23. The maximum absolute atomic E-state index is 4.48. The summed E-state index contributed by atoms with van der Waals surface area (Å²) in [6.07, 6.45) is 7.82. The monoisotopic (exact) mass is 260 g/mol. The molecule has 4 heterocycles. The molecule has 0 aliphatic heterocycles. The van der Waals surface area contributed by atoms with Gasteiger partial charge in [-0.05, 0) is 48.8 Å². The first-order valence-corrected chi connectivity index (χ1v) is 6.68. The van der Waals surface area contributed by atoms with Gasteiger partial charge in [0, 0.05) is 23.2 Å². The van der Waals surface area contributed by atoms with E-state index in [1.807, 2.05) is 24.5 Å². The molecule has 0 aliphatic rings. The number of aromatic nitrogens is 4. The van der Waals surface area contributed by atoms with E-state index in [1.54, 1.807) is 0 Å². The molecule has 20 heavy (non-hydrogen) atoms. The zero-order chi connectivity index (χ0) is 13.5. The molecule has 0 spiro atoms. The third-order valence-electron chi connectivity index (χ3n) is 3.76. The molecule has 0 amide bonds. The lowest BCUT2D eigenvalue weighted by atomic mass is 9.79. The average Bonchev–Trinajstić information content (AvgIpc) is 3.11. The Morgan fingerprint density at radius 1 is 0.800 bits per heavy atom. The van der Waals surface area contributed by atoms with Crippen molar-refractivity contribution in [1.82, 2.24) is 18.9 Å². The Morgan fingerprint density at radius 2 is 1.30 bits per heavy atom. The molecule has 0 saturated heterocycles. The van der Waals surface area contributed by atoms with Crippen LogP contribution in [-0.2, 0) is 0 Å². The van der Waals surface area contributed by atoms with E-state index in [0.29, 0.717) is 0 Å². The van der Waals surface area contributed by atoms with Crippen LogP contribution in [0.15, 0.2) is 61.2 Å². The fourth-order valence-electron chi connectivity index (χ4n) is 2.71. The normalized spacial score (nSPS) is 11.7. The molecule has 0 aromatic carbocycles. The van der Waals surface area contributed by atoms with Crippen LogP contribution < -0.4 is 0 Å². The van der Waals surface area contributed by atoms with Gasteiger partial charge in [-0.2, -0.15) is 6.82 Å². The van der Waals surface area contributed by atoms with E-state index in [2.05, 4.69) is 62.4 Å². The highest BCUT2D eigenvalue weighted by atomic mass is 15.1. The molecule has 0 atom stereocenters. The van der Waals surface area contributed by atoms with Gasteiger partial charge in [0.05, 0.1) is 18.3 Å². The average molecular weight is 260 g/mol. The van der Waals surface area contributed by atoms with Crippen LogP contribution >= 0.6 is 0 Å². The van der Waals surface area contributed by atoms with Crippen molar-refractivity contribution in [3.63, 3.8) is 0 Å². The number of nitrogens with zero attached hydrogens (tertiary/aromatic N) is 4. The van der Waals surface area contributed by atoms with Gasteiger partial charge < -0.3 is 8.96 Å². The van der Waals surface area contributed by atoms with Crippen LogP contribution in [0.25, 0.3) is 22.1 Å². The summed E-state index contributed by atoms with van der Waals surface area (Å²) in [5.41, 5.74) is 2.00. The van der Waals surface area contributed by atoms with Crippen molar-refractivity contribution in [2.24, 2.45) is 0 Å². The molecule has 0 aliphatic carbocycles. The Kier molecular flexibility index (Phi) is 2.39. The van der Waals surface area contributed by atoms with E-state index in [9.17, 15) is 0 Å². The summed E-state index contributed by atoms with van der Waals surface area (Å²) in [4.78, 5) is 8.96. The fourth-order valence-corrected chi connectivity index (χ4v) is 2.71. The summed E-state index contributed by atoms with van der Waals surface area (Å²) in [7, 11) is 0. The molecule has 0 saturated carbocycles. The highest BCUT2D eigenvalue weighted by molar-refractivity contribution is 6.56. The fraction of sp³-hybridized carbons (Fsp3) is 0.0667. The minimum absolute atomic E-state index is 0.134. The minimum Gasteiger partial charge on any atom is -0.515 e. The van der Waals surface area contributed by atoms with E-state index in [-0.39, 0.29) is 6.98 Å². The minimum atomic E-state index is 0.134. The maximum atomic E-state index is 4.48. The number of rotatable bonds is 2. The molecule has 0 N–H and O–H groups in total. The van der Waals surface area contributed by atoms with Gasteiger partial charge in [-0.15, -0.1) is 0 Å². The quantitative estimate of drug-likeness (QED) is 0.519. The van der Waals surface area contributed by atoms with Crippen LogP contribution in [0.2, 0.25) is 6.82 Å². The summed E-state index contributed by atoms with van der Waals surface area (Å²) in [6, 6.07) is 12.3. The Labute approximate surface area is 116 Å². The molecular weight excluding hydrogens is 247 g/mol. The van der Waals surface area contributed by atoms with Crippen molar-refractivity contribution in [2.45, 2.75) is 6.82 Å². The second-order valence-corrected chi connectivity index (χ2v) is 4.91. The standard InChI is InChI=1S/C15H13BN4/c1-16(19-10-6-12-4-2-8-17-14(12)19)20-11-7-13-5-3-9-18-15(13)20/h2-11H,1H3/q-1. The van der Waals surface area contributed by atoms with Crippen LogP contribution in [0.5, 0.6) is 0 Å². The highest BCUT2D eigenvalue weighted by Crippen LogP contribution is 2.17. The van der Waals surface area contributed by atoms with Gasteiger partial charge in [0.1, 0.15) is 0 Å². The van der Waals surface area contributed by atoms with E-state index in [4.69, 9.17) is 0 Å². The maximum Gasteiger partial charge on any atom is 0.0988 e. The molecule has 0 fully saturated rings. The smallest absolute Gasteiger partial charge is 0.0988 e. The molecule has 4 rings (SSSR count). The number of fused-ring (bicyclic) bond motifs is 2. The zero-order valence-corrected chi connectivity index (χ0v) is 11.1. The van der Waals surface area contributed by atoms with Crippen LogP contribution in [0, 0.1) is 0 Å². The van der Waals surface area contributed by atoms with Crippen molar-refractivity contribution in [1.29, 1.82) is 0 Å². The lowest BCUT2D eigenvalue weighted by molar-refractivity contribution is 1.08. The molecular formula is C15H13BN4-. The van der Waals surface area contributed by atoms with Gasteiger partial charge in [0.25, 0.3) is 0 Å². The van der Waals surface area contributed by atoms with Crippen molar-refractivity contribution in [2.75, 3.05) is 0 Å². The first kappa shape index (κ1) is 11.3. The van der Waals surface area contributed by atoms with Crippen molar-refractivity contribution < 1.29 is 0 Å². The van der Waals surface area contributed by atoms with Crippen molar-refractivity contribution >= 4 is 29.0 Å². The summed E-state index contributed by atoms with van der Waals surface area (Å²) in [5, 5.41) is 2.31. The van der Waals surface area contributed by atoms with Gasteiger partial charge in [0.2, 0.25) is 0 Å². The third-order valence-corrected chi connectivity index (χ3v) is 3.76. The number of pyridine rings is 2. The van der Waals surface area contributed by atoms with Gasteiger partial charge in [0.15, 0.2) is 0 Å². The first-order valence-electron chi connectivity index (χ1n) is 6.68. The molecule has 4 aromatic heterocycles. The highest BCUT2D eigenvalue weighted by Gasteiger charge is 2.05. The lowest BCUT2D eigenvalue weighted by Gasteiger charge is -2.28. The van der Waals surface area contributed by atoms with Crippen LogP contribution in [0.3, 0.4) is 0 Å². The predicted octanol–water partition coefficient (Wildman–Crippen LogP) is 2.90. The first-order chi connectivity index (χ1) is 9.84. The van der Waals surface area contributed by atoms with Crippen LogP contribution in [0.4, 0.5) is 0 Å². The molecule has 0 unspecified atom stereocenters. The van der Waals surface area contributed by atoms with Gasteiger partial charge in [-0.1, -0.05) is 0 Å². The largest absolute Gasteiger partial charge is 0.515 e. The third kappa shape index (κ3) is 1.56. The SMILES string of the molecule is C[B-](n1ccc2cccnc21)n1ccc2cccnc21. The van der Waals surface area contributed by atoms with E-state index in [0.717, 1.165) is 22.1 Å². The molecule has 0 bridgehead atoms. The predicted molar refractivity (Wildman–Crippen MR) is 81.9 cm³/mol. The van der Waals surface area contributed by atoms with Crippen molar-refractivity contribution in [3.8, 4) is 0 Å². The molecule has 4 nitrogen and oxygen atoms in total. The van der Waals surface area contributed by atoms with Gasteiger partial charge in [-0.3, -0.25) is 0 Å². The van der Waals surface area contributed by atoms with Gasteiger partial charge >= 0.3 is 0 Å². The van der Waals surface area contributed by atoms with E-state index >= 15 is 0 Å². The summed E-state index contributed by atoms with van der Waals surface area (Å²) in [6.45, 7) is 2.29. The molecule has 1 radical (unpaired) electrons. The van der Waals surface area contributed by atoms with Gasteiger partial charge in [-0.25, -0.2) is 9.97 Å². The number of hydrogen-bond acceptors (Lipinski definition) is 2. The molecule has 97 valence electrons. The molecule has 4 aromatic rings. The van der Waals surface area contributed by atoms with Crippen LogP contribution in [-0.4, -0.2) is 25.9 Å².